The molecule has 2 nitrogen and oxygen atoms in total. The highest BCUT2D eigenvalue weighted by molar-refractivity contribution is 6.33. The van der Waals surface area contributed by atoms with E-state index in [2.05, 4.69) is 0 Å². The minimum atomic E-state index is -1.08. The van der Waals surface area contributed by atoms with Crippen LogP contribution in [0.5, 0.6) is 0 Å². The summed E-state index contributed by atoms with van der Waals surface area (Å²) in [6, 6.07) is 17.3. The lowest BCUT2D eigenvalue weighted by molar-refractivity contribution is -0.238. The van der Waals surface area contributed by atoms with Crippen LogP contribution in [0.1, 0.15) is 17.5 Å². The second-order valence-electron chi connectivity index (χ2n) is 4.81. The van der Waals surface area contributed by atoms with Gasteiger partial charge in [-0.05, 0) is 12.5 Å². The Bertz CT molecular complexity index is 586. The van der Waals surface area contributed by atoms with Crippen LogP contribution < -0.4 is 0 Å². The van der Waals surface area contributed by atoms with Crippen LogP contribution in [-0.2, 0) is 9.90 Å². The summed E-state index contributed by atoms with van der Waals surface area (Å²) < 4.78 is 0. The molecule has 1 aliphatic heterocycles. The van der Waals surface area contributed by atoms with Crippen LogP contribution in [-0.4, -0.2) is 18.2 Å². The van der Waals surface area contributed by atoms with Crippen LogP contribution in [0, 0.1) is 0 Å². The maximum Gasteiger partial charge on any atom is 0.214 e. The average molecular weight is 308 g/mol. The summed E-state index contributed by atoms with van der Waals surface area (Å²) in [5.74, 6) is 0. The minimum Gasteiger partial charge on any atom is -0.266 e. The summed E-state index contributed by atoms with van der Waals surface area (Å²) in [5.41, 5.74) is 1.64. The molecule has 1 saturated heterocycles. The van der Waals surface area contributed by atoms with E-state index in [1.165, 1.54) is 0 Å². The summed E-state index contributed by atoms with van der Waals surface area (Å²) in [7, 11) is 0. The summed E-state index contributed by atoms with van der Waals surface area (Å²) in [4.78, 5) is 6.04. The van der Waals surface area contributed by atoms with Crippen molar-refractivity contribution in [1.82, 2.24) is 5.06 Å². The van der Waals surface area contributed by atoms with Gasteiger partial charge in [0.25, 0.3) is 0 Å². The molecular weight excluding hydrogens is 293 g/mol. The van der Waals surface area contributed by atoms with Crippen molar-refractivity contribution in [3.8, 4) is 0 Å². The van der Waals surface area contributed by atoms with Gasteiger partial charge in [0.15, 0.2) is 0 Å². The molecule has 2 aromatic rings. The molecule has 0 saturated carbocycles. The lowest BCUT2D eigenvalue weighted by Gasteiger charge is -2.38. The topological polar surface area (TPSA) is 12.5 Å². The molecule has 0 spiro atoms. The zero-order chi connectivity index (χ0) is 14.0. The molecule has 0 amide bonds. The number of hydrogen-bond acceptors (Lipinski definition) is 2. The maximum absolute atomic E-state index is 6.85. The summed E-state index contributed by atoms with van der Waals surface area (Å²) in [5, 5.41) is 1.40. The Morgan fingerprint density at radius 3 is 2.20 bits per heavy atom. The van der Waals surface area contributed by atoms with Crippen LogP contribution in [0.15, 0.2) is 54.6 Å². The third-order valence-corrected chi connectivity index (χ3v) is 4.26. The molecule has 1 atom stereocenters. The fourth-order valence-corrected chi connectivity index (χ4v) is 2.89. The van der Waals surface area contributed by atoms with Gasteiger partial charge in [-0.15, -0.1) is 0 Å². The predicted molar refractivity (Wildman–Crippen MR) is 81.8 cm³/mol. The normalized spacial score (nSPS) is 18.3. The number of hydroxylamine groups is 2. The Morgan fingerprint density at radius 2 is 1.60 bits per heavy atom. The van der Waals surface area contributed by atoms with Crippen molar-refractivity contribution >= 4 is 23.2 Å². The summed E-state index contributed by atoms with van der Waals surface area (Å²) >= 11 is 13.2. The van der Waals surface area contributed by atoms with Crippen LogP contribution in [0.2, 0.25) is 5.02 Å². The Morgan fingerprint density at radius 1 is 0.950 bits per heavy atom. The van der Waals surface area contributed by atoms with E-state index in [1.54, 1.807) is 0 Å². The van der Waals surface area contributed by atoms with Crippen molar-refractivity contribution < 1.29 is 4.84 Å². The molecule has 0 aromatic heterocycles. The van der Waals surface area contributed by atoms with Gasteiger partial charge in [0.05, 0.1) is 0 Å². The van der Waals surface area contributed by atoms with E-state index in [9.17, 15) is 0 Å². The molecule has 104 valence electrons. The molecule has 1 heterocycles. The SMILES string of the molecule is Clc1ccccc1C(Cl)(ON1CCC1)c1ccccc1. The Balaban J connectivity index is 2.05. The third-order valence-electron chi connectivity index (χ3n) is 3.44. The van der Waals surface area contributed by atoms with Crippen molar-refractivity contribution in [2.24, 2.45) is 0 Å². The van der Waals surface area contributed by atoms with E-state index < -0.39 is 5.06 Å². The van der Waals surface area contributed by atoms with Crippen molar-refractivity contribution in [2.45, 2.75) is 11.5 Å². The highest BCUT2D eigenvalue weighted by Gasteiger charge is 2.38. The van der Waals surface area contributed by atoms with Crippen LogP contribution in [0.25, 0.3) is 0 Å². The lowest BCUT2D eigenvalue weighted by Crippen LogP contribution is -2.43. The quantitative estimate of drug-likeness (QED) is 0.775. The standard InChI is InChI=1S/C16H15Cl2NO/c17-15-10-5-4-9-14(15)16(18,20-19-11-6-12-19)13-7-2-1-3-8-13/h1-5,7-10H,6,11-12H2. The second kappa shape index (κ2) is 5.74. The van der Waals surface area contributed by atoms with E-state index in [1.807, 2.05) is 59.7 Å². The van der Waals surface area contributed by atoms with Crippen LogP contribution >= 0.6 is 23.2 Å². The molecule has 4 heteroatoms. The van der Waals surface area contributed by atoms with Gasteiger partial charge in [-0.2, -0.15) is 5.06 Å². The molecule has 3 rings (SSSR count). The average Bonchev–Trinajstić information content (AvgIpc) is 2.44. The monoisotopic (exact) mass is 307 g/mol. The molecule has 1 unspecified atom stereocenters. The molecule has 0 radical (unpaired) electrons. The van der Waals surface area contributed by atoms with Gasteiger partial charge in [0.2, 0.25) is 5.06 Å². The molecule has 0 N–H and O–H groups in total. The first-order chi connectivity index (χ1) is 9.70. The van der Waals surface area contributed by atoms with Crippen molar-refractivity contribution in [1.29, 1.82) is 0 Å². The van der Waals surface area contributed by atoms with Gasteiger partial charge in [-0.3, -0.25) is 4.84 Å². The van der Waals surface area contributed by atoms with E-state index in [-0.39, 0.29) is 0 Å². The van der Waals surface area contributed by atoms with E-state index in [0.29, 0.717) is 5.02 Å². The van der Waals surface area contributed by atoms with E-state index >= 15 is 0 Å². The Kier molecular flexibility index (Phi) is 3.99. The van der Waals surface area contributed by atoms with Gasteiger partial charge in [0, 0.05) is 29.2 Å². The highest BCUT2D eigenvalue weighted by atomic mass is 35.5. The number of nitrogens with zero attached hydrogens (tertiary/aromatic N) is 1. The molecule has 1 fully saturated rings. The molecule has 2 aromatic carbocycles. The van der Waals surface area contributed by atoms with Gasteiger partial charge in [0.1, 0.15) is 0 Å². The van der Waals surface area contributed by atoms with Crippen molar-refractivity contribution in [3.63, 3.8) is 0 Å². The second-order valence-corrected chi connectivity index (χ2v) is 5.75. The zero-order valence-corrected chi connectivity index (χ0v) is 12.4. The van der Waals surface area contributed by atoms with Gasteiger partial charge >= 0.3 is 0 Å². The molecule has 0 aliphatic carbocycles. The maximum atomic E-state index is 6.85. The summed E-state index contributed by atoms with van der Waals surface area (Å²) in [6.07, 6.45) is 1.13. The molecule has 1 aliphatic rings. The largest absolute Gasteiger partial charge is 0.266 e. The zero-order valence-electron chi connectivity index (χ0n) is 10.9. The van der Waals surface area contributed by atoms with Crippen LogP contribution in [0.3, 0.4) is 0 Å². The minimum absolute atomic E-state index is 0.604. The number of benzene rings is 2. The smallest absolute Gasteiger partial charge is 0.214 e. The van der Waals surface area contributed by atoms with Gasteiger partial charge < -0.3 is 0 Å². The van der Waals surface area contributed by atoms with Crippen molar-refractivity contribution in [2.75, 3.05) is 13.1 Å². The summed E-state index contributed by atoms with van der Waals surface area (Å²) in [6.45, 7) is 1.79. The first kappa shape index (κ1) is 13.9. The molecule has 0 bridgehead atoms. The lowest BCUT2D eigenvalue weighted by atomic mass is 10.0. The number of rotatable bonds is 4. The van der Waals surface area contributed by atoms with E-state index in [0.717, 1.165) is 30.6 Å². The fraction of sp³-hybridized carbons (Fsp3) is 0.250. The first-order valence-electron chi connectivity index (χ1n) is 6.64. The number of hydrogen-bond donors (Lipinski definition) is 0. The van der Waals surface area contributed by atoms with Gasteiger partial charge in [-0.25, -0.2) is 0 Å². The van der Waals surface area contributed by atoms with Gasteiger partial charge in [-0.1, -0.05) is 71.7 Å². The third kappa shape index (κ3) is 2.57. The Hall–Kier alpha value is -1.06. The molecule has 20 heavy (non-hydrogen) atoms. The van der Waals surface area contributed by atoms with Crippen molar-refractivity contribution in [3.05, 3.63) is 70.7 Å². The first-order valence-corrected chi connectivity index (χ1v) is 7.39. The van der Waals surface area contributed by atoms with E-state index in [4.69, 9.17) is 28.0 Å². The number of halogens is 2. The molecular formula is C16H15Cl2NO. The predicted octanol–water partition coefficient (Wildman–Crippen LogP) is 4.42. The number of alkyl halides is 1. The Labute approximate surface area is 128 Å². The highest BCUT2D eigenvalue weighted by Crippen LogP contribution is 2.42. The fourth-order valence-electron chi connectivity index (χ4n) is 2.19. The van der Waals surface area contributed by atoms with Crippen LogP contribution in [0.4, 0.5) is 0 Å².